The minimum atomic E-state index is -3.32. The molecule has 9 nitrogen and oxygen atoms in total. The van der Waals surface area contributed by atoms with Crippen molar-refractivity contribution in [3.8, 4) is 33.6 Å². The predicted octanol–water partition coefficient (Wildman–Crippen LogP) is 4.45. The highest BCUT2D eigenvalue weighted by atomic mass is 32.2. The Hall–Kier alpha value is -4.41. The largest absolute Gasteiger partial charge is 0.465 e. The molecular formula is C27H22N4O5S. The van der Waals surface area contributed by atoms with Crippen LogP contribution in [0.25, 0.3) is 44.5 Å². The zero-order chi connectivity index (χ0) is 26.0. The van der Waals surface area contributed by atoms with E-state index in [0.29, 0.717) is 33.6 Å². The molecule has 0 saturated carbocycles. The van der Waals surface area contributed by atoms with Gasteiger partial charge in [0.15, 0.2) is 5.76 Å². The van der Waals surface area contributed by atoms with Gasteiger partial charge in [0, 0.05) is 35.0 Å². The number of fused-ring (bicyclic) bond motifs is 1. The number of ether oxygens (including phenoxy) is 1. The third-order valence-corrected chi connectivity index (χ3v) is 6.45. The normalized spacial score (nSPS) is 11.5. The number of esters is 1. The van der Waals surface area contributed by atoms with E-state index in [0.717, 1.165) is 28.5 Å². The Kier molecular flexibility index (Phi) is 6.51. The summed E-state index contributed by atoms with van der Waals surface area (Å²) in [5.74, 6) is -0.0155. The van der Waals surface area contributed by atoms with Gasteiger partial charge in [-0.15, -0.1) is 0 Å². The van der Waals surface area contributed by atoms with E-state index < -0.39 is 16.0 Å². The van der Waals surface area contributed by atoms with Gasteiger partial charge in [-0.3, -0.25) is 4.98 Å². The van der Waals surface area contributed by atoms with E-state index in [4.69, 9.17) is 14.2 Å². The number of pyridine rings is 2. The van der Waals surface area contributed by atoms with Crippen molar-refractivity contribution in [1.82, 2.24) is 19.8 Å². The third-order valence-electron chi connectivity index (χ3n) is 5.78. The lowest BCUT2D eigenvalue weighted by Gasteiger charge is -2.09. The number of carbonyl (C=O) groups excluding carboxylic acids is 1. The molecule has 37 heavy (non-hydrogen) atoms. The molecule has 5 rings (SSSR count). The molecule has 0 fully saturated rings. The lowest BCUT2D eigenvalue weighted by atomic mass is 10.00. The number of nitrogens with zero attached hydrogens (tertiary/aromatic N) is 3. The highest BCUT2D eigenvalue weighted by Crippen LogP contribution is 2.29. The quantitative estimate of drug-likeness (QED) is 0.316. The van der Waals surface area contributed by atoms with Crippen LogP contribution in [0.4, 0.5) is 0 Å². The summed E-state index contributed by atoms with van der Waals surface area (Å²) in [5, 5.41) is 4.67. The van der Waals surface area contributed by atoms with Crippen molar-refractivity contribution in [3.05, 3.63) is 90.4 Å². The summed E-state index contributed by atoms with van der Waals surface area (Å²) in [6.45, 7) is 0.0420. The lowest BCUT2D eigenvalue weighted by Crippen LogP contribution is -2.20. The number of aromatic nitrogens is 3. The molecule has 0 spiro atoms. The molecule has 0 radical (unpaired) electrons. The van der Waals surface area contributed by atoms with Gasteiger partial charge in [-0.05, 0) is 23.3 Å². The Morgan fingerprint density at radius 2 is 1.54 bits per heavy atom. The van der Waals surface area contributed by atoms with Crippen molar-refractivity contribution >= 4 is 26.9 Å². The van der Waals surface area contributed by atoms with Crippen LogP contribution in [0.3, 0.4) is 0 Å². The summed E-state index contributed by atoms with van der Waals surface area (Å²) in [5.41, 5.74) is 6.08. The molecule has 0 aliphatic rings. The number of rotatable bonds is 7. The van der Waals surface area contributed by atoms with Gasteiger partial charge in [0.2, 0.25) is 10.0 Å². The maximum atomic E-state index is 12.3. The Labute approximate surface area is 213 Å². The SMILES string of the molecule is COC(=O)c1cc(-c2ccc(-c3ccc(-c4cc(CNS(C)(=O)=O)on4)cc3)cc2)nc2ccncc12. The molecule has 0 aliphatic heterocycles. The fraction of sp³-hybridized carbons (Fsp3) is 0.111. The molecule has 5 aromatic rings. The fourth-order valence-electron chi connectivity index (χ4n) is 3.90. The van der Waals surface area contributed by atoms with Crippen molar-refractivity contribution in [2.24, 2.45) is 0 Å². The number of nitrogens with one attached hydrogen (secondary N) is 1. The first kappa shape index (κ1) is 24.3. The molecule has 0 aliphatic carbocycles. The number of benzene rings is 2. The minimum Gasteiger partial charge on any atom is -0.465 e. The second-order valence-corrected chi connectivity index (χ2v) is 10.2. The van der Waals surface area contributed by atoms with Gasteiger partial charge in [-0.25, -0.2) is 22.9 Å². The number of hydrogen-bond donors (Lipinski definition) is 1. The maximum Gasteiger partial charge on any atom is 0.338 e. The summed E-state index contributed by atoms with van der Waals surface area (Å²) >= 11 is 0. The monoisotopic (exact) mass is 514 g/mol. The molecule has 0 amide bonds. The fourth-order valence-corrected chi connectivity index (χ4v) is 4.30. The number of methoxy groups -OCH3 is 1. The van der Waals surface area contributed by atoms with Gasteiger partial charge in [-0.2, -0.15) is 0 Å². The first-order valence-corrected chi connectivity index (χ1v) is 13.1. The second-order valence-electron chi connectivity index (χ2n) is 8.37. The van der Waals surface area contributed by atoms with Crippen molar-refractivity contribution in [2.45, 2.75) is 6.54 Å². The first-order chi connectivity index (χ1) is 17.8. The van der Waals surface area contributed by atoms with E-state index in [-0.39, 0.29) is 6.54 Å². The van der Waals surface area contributed by atoms with Crippen molar-refractivity contribution in [1.29, 1.82) is 0 Å². The van der Waals surface area contributed by atoms with Crippen LogP contribution in [0.15, 0.2) is 83.6 Å². The van der Waals surface area contributed by atoms with Gasteiger partial charge >= 0.3 is 5.97 Å². The van der Waals surface area contributed by atoms with Crippen LogP contribution < -0.4 is 4.72 Å². The number of sulfonamides is 1. The Balaban J connectivity index is 1.37. The van der Waals surface area contributed by atoms with Crippen LogP contribution in [0.1, 0.15) is 16.1 Å². The standard InChI is InChI=1S/C27H22N4O5S/c1-35-27(32)22-14-25(30-24-11-12-28-16-23(22)24)19-7-3-17(4-8-19)18-5-9-20(10-6-18)26-13-21(36-31-26)15-29-37(2,33)34/h3-14,16,29H,15H2,1-2H3. The Bertz CT molecular complexity index is 1700. The first-order valence-electron chi connectivity index (χ1n) is 11.3. The average Bonchev–Trinajstić information content (AvgIpc) is 3.40. The van der Waals surface area contributed by atoms with E-state index in [9.17, 15) is 13.2 Å². The predicted molar refractivity (Wildman–Crippen MR) is 139 cm³/mol. The molecule has 0 bridgehead atoms. The van der Waals surface area contributed by atoms with Crippen LogP contribution in [-0.2, 0) is 21.3 Å². The number of carbonyl (C=O) groups is 1. The smallest absolute Gasteiger partial charge is 0.338 e. The summed E-state index contributed by atoms with van der Waals surface area (Å²) in [7, 11) is -1.97. The maximum absolute atomic E-state index is 12.3. The molecule has 0 saturated heterocycles. The topological polar surface area (TPSA) is 124 Å². The molecule has 2 aromatic carbocycles. The molecule has 0 unspecified atom stereocenters. The number of hydrogen-bond acceptors (Lipinski definition) is 8. The van der Waals surface area contributed by atoms with E-state index in [1.54, 1.807) is 30.6 Å². The molecule has 186 valence electrons. The molecule has 3 aromatic heterocycles. The van der Waals surface area contributed by atoms with E-state index in [1.807, 2.05) is 48.5 Å². The summed E-state index contributed by atoms with van der Waals surface area (Å²) in [6, 6.07) is 20.9. The van der Waals surface area contributed by atoms with E-state index >= 15 is 0 Å². The van der Waals surface area contributed by atoms with E-state index in [1.165, 1.54) is 7.11 Å². The highest BCUT2D eigenvalue weighted by molar-refractivity contribution is 7.88. The molecule has 1 N–H and O–H groups in total. The summed E-state index contributed by atoms with van der Waals surface area (Å²) < 4.78 is 35.1. The van der Waals surface area contributed by atoms with Gasteiger partial charge in [0.1, 0.15) is 5.69 Å². The molecule has 3 heterocycles. The lowest BCUT2D eigenvalue weighted by molar-refractivity contribution is 0.0603. The summed E-state index contributed by atoms with van der Waals surface area (Å²) in [4.78, 5) is 21.1. The third kappa shape index (κ3) is 5.40. The Morgan fingerprint density at radius 1 is 0.919 bits per heavy atom. The van der Waals surface area contributed by atoms with Gasteiger partial charge < -0.3 is 9.26 Å². The van der Waals surface area contributed by atoms with Crippen molar-refractivity contribution in [3.63, 3.8) is 0 Å². The molecular weight excluding hydrogens is 492 g/mol. The van der Waals surface area contributed by atoms with Gasteiger partial charge in [0.05, 0.1) is 36.7 Å². The highest BCUT2D eigenvalue weighted by Gasteiger charge is 2.15. The van der Waals surface area contributed by atoms with Gasteiger partial charge in [0.25, 0.3) is 0 Å². The summed E-state index contributed by atoms with van der Waals surface area (Å²) in [6.07, 6.45) is 4.34. The van der Waals surface area contributed by atoms with Crippen LogP contribution >= 0.6 is 0 Å². The average molecular weight is 515 g/mol. The zero-order valence-electron chi connectivity index (χ0n) is 20.0. The molecule has 10 heteroatoms. The Morgan fingerprint density at radius 3 is 2.16 bits per heavy atom. The van der Waals surface area contributed by atoms with Crippen LogP contribution in [0.5, 0.6) is 0 Å². The zero-order valence-corrected chi connectivity index (χ0v) is 20.8. The van der Waals surface area contributed by atoms with E-state index in [2.05, 4.69) is 14.9 Å². The second kappa shape index (κ2) is 9.92. The van der Waals surface area contributed by atoms with Crippen LogP contribution in [-0.4, -0.2) is 42.9 Å². The van der Waals surface area contributed by atoms with Crippen molar-refractivity contribution in [2.75, 3.05) is 13.4 Å². The van der Waals surface area contributed by atoms with Gasteiger partial charge in [-0.1, -0.05) is 53.7 Å². The minimum absolute atomic E-state index is 0.0420. The molecule has 0 atom stereocenters. The van der Waals surface area contributed by atoms with Crippen molar-refractivity contribution < 1.29 is 22.5 Å². The van der Waals surface area contributed by atoms with Crippen LogP contribution in [0, 0.1) is 0 Å². The van der Waals surface area contributed by atoms with Crippen LogP contribution in [0.2, 0.25) is 0 Å².